The third-order valence-electron chi connectivity index (χ3n) is 4.01. The smallest absolute Gasteiger partial charge is 0.0347 e. The first kappa shape index (κ1) is 14.6. The molecule has 1 unspecified atom stereocenters. The van der Waals surface area contributed by atoms with Gasteiger partial charge in [0.05, 0.1) is 0 Å². The Labute approximate surface area is 118 Å². The Morgan fingerprint density at radius 1 is 1.32 bits per heavy atom. The molecule has 0 amide bonds. The second-order valence-electron chi connectivity index (χ2n) is 6.03. The molecule has 0 saturated carbocycles. The molecule has 0 radical (unpaired) electrons. The Balaban J connectivity index is 2.08. The van der Waals surface area contributed by atoms with E-state index < -0.39 is 0 Å². The van der Waals surface area contributed by atoms with E-state index in [9.17, 15) is 0 Å². The maximum Gasteiger partial charge on any atom is 0.0347 e. The fraction of sp³-hybridized carbons (Fsp3) is 0.750. The molecule has 1 aromatic rings. The van der Waals surface area contributed by atoms with Gasteiger partial charge in [-0.3, -0.25) is 0 Å². The molecule has 0 fully saturated rings. The van der Waals surface area contributed by atoms with E-state index in [4.69, 9.17) is 0 Å². The predicted octanol–water partition coefficient (Wildman–Crippen LogP) is 2.82. The van der Waals surface area contributed by atoms with E-state index >= 15 is 0 Å². The molecule has 1 heterocycles. The lowest BCUT2D eigenvalue weighted by Crippen LogP contribution is -2.22. The predicted molar refractivity (Wildman–Crippen MR) is 81.6 cm³/mol. The van der Waals surface area contributed by atoms with Gasteiger partial charge in [0.1, 0.15) is 0 Å². The number of fused-ring (bicyclic) bond motifs is 1. The highest BCUT2D eigenvalue weighted by molar-refractivity contribution is 5.29. The van der Waals surface area contributed by atoms with E-state index in [2.05, 4.69) is 48.2 Å². The average Bonchev–Trinajstić information content (AvgIpc) is 2.70. The Hall–Kier alpha value is -0.800. The van der Waals surface area contributed by atoms with Gasteiger partial charge in [-0.05, 0) is 57.5 Å². The van der Waals surface area contributed by atoms with E-state index in [-0.39, 0.29) is 0 Å². The zero-order valence-electron chi connectivity index (χ0n) is 12.8. The van der Waals surface area contributed by atoms with E-state index in [1.807, 2.05) is 0 Å². The van der Waals surface area contributed by atoms with Crippen molar-refractivity contribution >= 4 is 0 Å². The van der Waals surface area contributed by atoms with Crippen LogP contribution < -0.4 is 5.32 Å². The first-order valence-electron chi connectivity index (χ1n) is 7.77. The lowest BCUT2D eigenvalue weighted by molar-refractivity contribution is 0.383. The van der Waals surface area contributed by atoms with Crippen LogP contribution in [0.5, 0.6) is 0 Å². The number of likely N-dealkylation sites (N-methyl/N-ethyl adjacent to an activating group) is 1. The zero-order chi connectivity index (χ0) is 13.7. The first-order valence-corrected chi connectivity index (χ1v) is 7.77. The summed E-state index contributed by atoms with van der Waals surface area (Å²) in [6, 6.07) is 0.582. The third kappa shape index (κ3) is 4.08. The van der Waals surface area contributed by atoms with E-state index in [0.29, 0.717) is 6.04 Å². The SMILES string of the molecule is CCCNC1CCCCc2cn(CCN(C)C)cc21. The van der Waals surface area contributed by atoms with Crippen LogP contribution in [0.3, 0.4) is 0 Å². The van der Waals surface area contributed by atoms with Crippen LogP contribution in [0.25, 0.3) is 0 Å². The van der Waals surface area contributed by atoms with Crippen LogP contribution in [0.4, 0.5) is 0 Å². The zero-order valence-corrected chi connectivity index (χ0v) is 12.8. The monoisotopic (exact) mass is 263 g/mol. The summed E-state index contributed by atoms with van der Waals surface area (Å²) in [5.41, 5.74) is 3.13. The fourth-order valence-electron chi connectivity index (χ4n) is 2.89. The van der Waals surface area contributed by atoms with Gasteiger partial charge in [-0.15, -0.1) is 0 Å². The number of hydrogen-bond acceptors (Lipinski definition) is 2. The molecule has 0 aliphatic heterocycles. The van der Waals surface area contributed by atoms with Crippen LogP contribution in [0, 0.1) is 0 Å². The van der Waals surface area contributed by atoms with Crippen molar-refractivity contribution in [1.29, 1.82) is 0 Å². The lowest BCUT2D eigenvalue weighted by atomic mass is 10.0. The summed E-state index contributed by atoms with van der Waals surface area (Å²) < 4.78 is 2.39. The van der Waals surface area contributed by atoms with Crippen molar-refractivity contribution in [3.63, 3.8) is 0 Å². The van der Waals surface area contributed by atoms with Crippen molar-refractivity contribution in [2.24, 2.45) is 0 Å². The number of hydrogen-bond donors (Lipinski definition) is 1. The molecule has 19 heavy (non-hydrogen) atoms. The highest BCUT2D eigenvalue weighted by atomic mass is 15.1. The van der Waals surface area contributed by atoms with Gasteiger partial charge in [0, 0.05) is 31.5 Å². The van der Waals surface area contributed by atoms with Gasteiger partial charge >= 0.3 is 0 Å². The Kier molecular flexibility index (Phi) is 5.46. The molecule has 1 aliphatic carbocycles. The molecule has 0 bridgehead atoms. The van der Waals surface area contributed by atoms with E-state index in [0.717, 1.165) is 19.6 Å². The van der Waals surface area contributed by atoms with Crippen molar-refractivity contribution in [3.05, 3.63) is 23.5 Å². The van der Waals surface area contributed by atoms with Crippen LogP contribution in [0.15, 0.2) is 12.4 Å². The second kappa shape index (κ2) is 7.11. The Morgan fingerprint density at radius 2 is 2.16 bits per heavy atom. The van der Waals surface area contributed by atoms with Gasteiger partial charge in [-0.1, -0.05) is 13.3 Å². The molecule has 3 nitrogen and oxygen atoms in total. The standard InChI is InChI=1S/C16H29N3/c1-4-9-17-16-8-6-5-7-14-12-19(13-15(14)16)11-10-18(2)3/h12-13,16-17H,4-11H2,1-3H3. The highest BCUT2D eigenvalue weighted by Gasteiger charge is 2.19. The summed E-state index contributed by atoms with van der Waals surface area (Å²) in [5, 5.41) is 3.72. The van der Waals surface area contributed by atoms with Crippen LogP contribution in [-0.2, 0) is 13.0 Å². The number of rotatable bonds is 6. The summed E-state index contributed by atoms with van der Waals surface area (Å²) in [5.74, 6) is 0. The molecule has 1 atom stereocenters. The fourth-order valence-corrected chi connectivity index (χ4v) is 2.89. The van der Waals surface area contributed by atoms with E-state index in [1.54, 1.807) is 11.1 Å². The molecular weight excluding hydrogens is 234 g/mol. The molecule has 0 saturated heterocycles. The van der Waals surface area contributed by atoms with Crippen molar-refractivity contribution < 1.29 is 0 Å². The molecular formula is C16H29N3. The molecule has 2 rings (SSSR count). The van der Waals surface area contributed by atoms with Gasteiger partial charge in [0.2, 0.25) is 0 Å². The summed E-state index contributed by atoms with van der Waals surface area (Å²) in [6.45, 7) is 5.58. The largest absolute Gasteiger partial charge is 0.352 e. The van der Waals surface area contributed by atoms with Gasteiger partial charge in [-0.25, -0.2) is 0 Å². The van der Waals surface area contributed by atoms with Crippen LogP contribution in [0.1, 0.15) is 49.8 Å². The van der Waals surface area contributed by atoms with Crippen molar-refractivity contribution in [2.75, 3.05) is 27.2 Å². The Bertz CT molecular complexity index is 381. The quantitative estimate of drug-likeness (QED) is 0.796. The summed E-state index contributed by atoms with van der Waals surface area (Å²) in [7, 11) is 4.28. The molecule has 1 aliphatic rings. The summed E-state index contributed by atoms with van der Waals surface area (Å²) in [6.07, 6.45) is 11.2. The van der Waals surface area contributed by atoms with Gasteiger partial charge < -0.3 is 14.8 Å². The minimum atomic E-state index is 0.582. The first-order chi connectivity index (χ1) is 9.20. The van der Waals surface area contributed by atoms with Crippen molar-refractivity contribution in [2.45, 2.75) is 51.6 Å². The normalized spacial score (nSPS) is 19.5. The minimum absolute atomic E-state index is 0.582. The summed E-state index contributed by atoms with van der Waals surface area (Å²) >= 11 is 0. The maximum absolute atomic E-state index is 3.72. The maximum atomic E-state index is 3.72. The van der Waals surface area contributed by atoms with Gasteiger partial charge in [0.25, 0.3) is 0 Å². The molecule has 3 heteroatoms. The number of nitrogens with zero attached hydrogens (tertiary/aromatic N) is 2. The van der Waals surface area contributed by atoms with Crippen LogP contribution in [0.2, 0.25) is 0 Å². The van der Waals surface area contributed by atoms with Crippen molar-refractivity contribution in [1.82, 2.24) is 14.8 Å². The number of nitrogens with one attached hydrogen (secondary N) is 1. The van der Waals surface area contributed by atoms with Gasteiger partial charge in [0.15, 0.2) is 0 Å². The average molecular weight is 263 g/mol. The van der Waals surface area contributed by atoms with Crippen LogP contribution >= 0.6 is 0 Å². The molecule has 108 valence electrons. The summed E-state index contributed by atoms with van der Waals surface area (Å²) in [4.78, 5) is 2.25. The topological polar surface area (TPSA) is 20.2 Å². The minimum Gasteiger partial charge on any atom is -0.352 e. The molecule has 1 aromatic heterocycles. The number of aryl methyl sites for hydroxylation is 1. The van der Waals surface area contributed by atoms with Crippen LogP contribution in [-0.4, -0.2) is 36.7 Å². The molecule has 1 N–H and O–H groups in total. The molecule has 0 aromatic carbocycles. The molecule has 0 spiro atoms. The van der Waals surface area contributed by atoms with Gasteiger partial charge in [-0.2, -0.15) is 0 Å². The Morgan fingerprint density at radius 3 is 2.89 bits per heavy atom. The second-order valence-corrected chi connectivity index (χ2v) is 6.03. The lowest BCUT2D eigenvalue weighted by Gasteiger charge is -2.16. The van der Waals surface area contributed by atoms with E-state index in [1.165, 1.54) is 32.1 Å². The number of aromatic nitrogens is 1. The highest BCUT2D eigenvalue weighted by Crippen LogP contribution is 2.29. The van der Waals surface area contributed by atoms with Crippen molar-refractivity contribution in [3.8, 4) is 0 Å². The third-order valence-corrected chi connectivity index (χ3v) is 4.01.